The highest BCUT2D eigenvalue weighted by Gasteiger charge is 2.21. The van der Waals surface area contributed by atoms with Crippen molar-refractivity contribution in [3.8, 4) is 0 Å². The summed E-state index contributed by atoms with van der Waals surface area (Å²) in [5, 5.41) is 3.86. The Morgan fingerprint density at radius 3 is 2.58 bits per heavy atom. The van der Waals surface area contributed by atoms with E-state index in [0.717, 1.165) is 16.8 Å². The monoisotopic (exact) mass is 323 g/mol. The van der Waals surface area contributed by atoms with Gasteiger partial charge in [-0.25, -0.2) is 0 Å². The Morgan fingerprint density at radius 2 is 1.84 bits per heavy atom. The van der Waals surface area contributed by atoms with Crippen LogP contribution in [-0.4, -0.2) is 12.1 Å². The molecule has 0 aromatic heterocycles. The van der Waals surface area contributed by atoms with Gasteiger partial charge in [0.2, 0.25) is 0 Å². The minimum absolute atomic E-state index is 0.562. The molecule has 0 aliphatic heterocycles. The molecule has 3 unspecified atom stereocenters. The molecule has 3 atom stereocenters. The van der Waals surface area contributed by atoms with Gasteiger partial charge in [0, 0.05) is 16.6 Å². The average Bonchev–Trinajstić information content (AvgIpc) is 2.58. The zero-order chi connectivity index (χ0) is 13.7. The molecule has 0 heterocycles. The average molecular weight is 324 g/mol. The second kappa shape index (κ2) is 7.44. The first kappa shape index (κ1) is 15.1. The maximum absolute atomic E-state index is 3.86. The van der Waals surface area contributed by atoms with Crippen molar-refractivity contribution in [1.82, 2.24) is 5.32 Å². The molecule has 1 N–H and O–H groups in total. The van der Waals surface area contributed by atoms with E-state index in [1.807, 2.05) is 0 Å². The normalized spacial score (nSPS) is 25.8. The zero-order valence-corrected chi connectivity index (χ0v) is 13.7. The third-order valence-corrected chi connectivity index (χ3v) is 4.84. The summed E-state index contributed by atoms with van der Waals surface area (Å²) in [6.45, 7) is 4.73. The molecule has 19 heavy (non-hydrogen) atoms. The Bertz CT molecular complexity index is 373. The standard InChI is InChI=1S/C17H26BrN/c1-13-6-4-3-5-7-17(13)19-14(2)12-15-8-10-16(18)11-9-15/h8-11,13-14,17,19H,3-7,12H2,1-2H3. The van der Waals surface area contributed by atoms with E-state index < -0.39 is 0 Å². The van der Waals surface area contributed by atoms with Crippen LogP contribution in [0.5, 0.6) is 0 Å². The van der Waals surface area contributed by atoms with Crippen LogP contribution in [0.1, 0.15) is 51.5 Å². The smallest absolute Gasteiger partial charge is 0.0175 e. The van der Waals surface area contributed by atoms with Crippen molar-refractivity contribution >= 4 is 15.9 Å². The minimum Gasteiger partial charge on any atom is -0.311 e. The molecule has 1 aromatic carbocycles. The van der Waals surface area contributed by atoms with Crippen LogP contribution in [0.15, 0.2) is 28.7 Å². The van der Waals surface area contributed by atoms with Gasteiger partial charge in [0.15, 0.2) is 0 Å². The highest BCUT2D eigenvalue weighted by molar-refractivity contribution is 9.10. The van der Waals surface area contributed by atoms with Gasteiger partial charge in [-0.2, -0.15) is 0 Å². The number of hydrogen-bond acceptors (Lipinski definition) is 1. The lowest BCUT2D eigenvalue weighted by Crippen LogP contribution is -2.41. The summed E-state index contributed by atoms with van der Waals surface area (Å²) in [5.41, 5.74) is 1.42. The highest BCUT2D eigenvalue weighted by atomic mass is 79.9. The largest absolute Gasteiger partial charge is 0.311 e. The first-order valence-corrected chi connectivity index (χ1v) is 8.45. The van der Waals surface area contributed by atoms with Crippen LogP contribution >= 0.6 is 15.9 Å². The molecule has 0 spiro atoms. The van der Waals surface area contributed by atoms with E-state index in [2.05, 4.69) is 59.4 Å². The van der Waals surface area contributed by atoms with Crippen LogP contribution in [-0.2, 0) is 6.42 Å². The third kappa shape index (κ3) is 4.92. The van der Waals surface area contributed by atoms with E-state index in [0.29, 0.717) is 12.1 Å². The number of rotatable bonds is 4. The highest BCUT2D eigenvalue weighted by Crippen LogP contribution is 2.23. The first-order valence-electron chi connectivity index (χ1n) is 7.65. The Hall–Kier alpha value is -0.340. The summed E-state index contributed by atoms with van der Waals surface area (Å²) < 4.78 is 1.16. The van der Waals surface area contributed by atoms with E-state index in [4.69, 9.17) is 0 Å². The fourth-order valence-corrected chi connectivity index (χ4v) is 3.40. The SMILES string of the molecule is CC(Cc1ccc(Br)cc1)NC1CCCCCC1C. The maximum atomic E-state index is 3.86. The van der Waals surface area contributed by atoms with Crippen molar-refractivity contribution in [3.05, 3.63) is 34.3 Å². The van der Waals surface area contributed by atoms with Crippen molar-refractivity contribution in [2.75, 3.05) is 0 Å². The number of halogens is 1. The third-order valence-electron chi connectivity index (χ3n) is 4.32. The molecule has 0 radical (unpaired) electrons. The number of hydrogen-bond donors (Lipinski definition) is 1. The van der Waals surface area contributed by atoms with Crippen molar-refractivity contribution in [2.45, 2.75) is 64.5 Å². The Labute approximate surface area is 126 Å². The zero-order valence-electron chi connectivity index (χ0n) is 12.2. The van der Waals surface area contributed by atoms with E-state index in [1.165, 1.54) is 37.7 Å². The van der Waals surface area contributed by atoms with Gasteiger partial charge >= 0.3 is 0 Å². The van der Waals surface area contributed by atoms with Gasteiger partial charge < -0.3 is 5.32 Å². The first-order chi connectivity index (χ1) is 9.15. The molecule has 106 valence electrons. The molecular formula is C17H26BrN. The Morgan fingerprint density at radius 1 is 1.16 bits per heavy atom. The van der Waals surface area contributed by atoms with Gasteiger partial charge in [-0.05, 0) is 49.8 Å². The molecule has 0 saturated heterocycles. The topological polar surface area (TPSA) is 12.0 Å². The van der Waals surface area contributed by atoms with Crippen LogP contribution < -0.4 is 5.32 Å². The molecule has 0 bridgehead atoms. The quantitative estimate of drug-likeness (QED) is 0.774. The second-order valence-corrected chi connectivity index (χ2v) is 7.04. The fraction of sp³-hybridized carbons (Fsp3) is 0.647. The van der Waals surface area contributed by atoms with E-state index in [-0.39, 0.29) is 0 Å². The predicted octanol–water partition coefficient (Wildman–Crippen LogP) is 4.94. The fourth-order valence-electron chi connectivity index (χ4n) is 3.14. The minimum atomic E-state index is 0.562. The van der Waals surface area contributed by atoms with E-state index in [1.54, 1.807) is 0 Å². The molecule has 2 heteroatoms. The summed E-state index contributed by atoms with van der Waals surface area (Å²) in [6.07, 6.45) is 8.10. The summed E-state index contributed by atoms with van der Waals surface area (Å²) in [6, 6.07) is 9.99. The number of benzene rings is 1. The van der Waals surface area contributed by atoms with Crippen LogP contribution in [0.4, 0.5) is 0 Å². The molecule has 0 amide bonds. The van der Waals surface area contributed by atoms with Gasteiger partial charge in [0.25, 0.3) is 0 Å². The summed E-state index contributed by atoms with van der Waals surface area (Å²) >= 11 is 3.49. The summed E-state index contributed by atoms with van der Waals surface area (Å²) in [5.74, 6) is 0.829. The van der Waals surface area contributed by atoms with Crippen LogP contribution in [0.3, 0.4) is 0 Å². The van der Waals surface area contributed by atoms with Crippen molar-refractivity contribution in [1.29, 1.82) is 0 Å². The van der Waals surface area contributed by atoms with Crippen LogP contribution in [0.2, 0.25) is 0 Å². The molecule has 1 nitrogen and oxygen atoms in total. The van der Waals surface area contributed by atoms with E-state index in [9.17, 15) is 0 Å². The molecule has 1 saturated carbocycles. The van der Waals surface area contributed by atoms with Crippen molar-refractivity contribution in [2.24, 2.45) is 5.92 Å². The summed E-state index contributed by atoms with van der Waals surface area (Å²) in [7, 11) is 0. The summed E-state index contributed by atoms with van der Waals surface area (Å²) in [4.78, 5) is 0. The molecule has 1 fully saturated rings. The molecular weight excluding hydrogens is 298 g/mol. The van der Waals surface area contributed by atoms with Gasteiger partial charge in [-0.15, -0.1) is 0 Å². The van der Waals surface area contributed by atoms with E-state index >= 15 is 0 Å². The van der Waals surface area contributed by atoms with Gasteiger partial charge in [0.05, 0.1) is 0 Å². The lowest BCUT2D eigenvalue weighted by Gasteiger charge is -2.27. The molecule has 2 rings (SSSR count). The predicted molar refractivity (Wildman–Crippen MR) is 86.5 cm³/mol. The molecule has 1 aliphatic rings. The molecule has 1 aliphatic carbocycles. The van der Waals surface area contributed by atoms with Gasteiger partial charge in [-0.3, -0.25) is 0 Å². The molecule has 1 aromatic rings. The maximum Gasteiger partial charge on any atom is 0.0175 e. The van der Waals surface area contributed by atoms with Crippen LogP contribution in [0, 0.1) is 5.92 Å². The lowest BCUT2D eigenvalue weighted by molar-refractivity contribution is 0.326. The van der Waals surface area contributed by atoms with Crippen molar-refractivity contribution in [3.63, 3.8) is 0 Å². The Balaban J connectivity index is 1.85. The lowest BCUT2D eigenvalue weighted by atomic mass is 9.95. The Kier molecular flexibility index (Phi) is 5.90. The second-order valence-electron chi connectivity index (χ2n) is 6.12. The number of nitrogens with one attached hydrogen (secondary N) is 1. The van der Waals surface area contributed by atoms with Gasteiger partial charge in [0.1, 0.15) is 0 Å². The van der Waals surface area contributed by atoms with Gasteiger partial charge in [-0.1, -0.05) is 54.2 Å². The van der Waals surface area contributed by atoms with Crippen LogP contribution in [0.25, 0.3) is 0 Å². The van der Waals surface area contributed by atoms with Crippen molar-refractivity contribution < 1.29 is 0 Å².